The number of hydrogen-bond acceptors (Lipinski definition) is 4. The molecular formula is C15H21N3O4S. The summed E-state index contributed by atoms with van der Waals surface area (Å²) in [6, 6.07) is 7.37. The zero-order valence-electron chi connectivity index (χ0n) is 13.1. The second kappa shape index (κ2) is 6.37. The fraction of sp³-hybridized carbons (Fsp3) is 0.533. The molecule has 8 heteroatoms. The summed E-state index contributed by atoms with van der Waals surface area (Å²) in [5.74, 6) is -0.240. The van der Waals surface area contributed by atoms with Crippen LogP contribution in [0.5, 0.6) is 0 Å². The van der Waals surface area contributed by atoms with Crippen LogP contribution in [-0.4, -0.2) is 46.7 Å². The zero-order chi connectivity index (χ0) is 16.4. The van der Waals surface area contributed by atoms with Gasteiger partial charge in [-0.15, -0.1) is 0 Å². The van der Waals surface area contributed by atoms with Crippen LogP contribution in [0.3, 0.4) is 0 Å². The number of rotatable bonds is 7. The van der Waals surface area contributed by atoms with Crippen molar-refractivity contribution >= 4 is 27.5 Å². The number of nitrogens with zero attached hydrogens (tertiary/aromatic N) is 2. The fourth-order valence-corrected chi connectivity index (χ4v) is 4.62. The minimum absolute atomic E-state index is 0.00592. The van der Waals surface area contributed by atoms with Crippen LogP contribution in [-0.2, 0) is 19.7 Å². The number of hydrogen-bond donors (Lipinski definition) is 1. The van der Waals surface area contributed by atoms with Gasteiger partial charge in [0.15, 0.2) is 0 Å². The molecule has 1 aromatic rings. The molecule has 0 aromatic heterocycles. The zero-order valence-corrected chi connectivity index (χ0v) is 13.9. The Bertz CT molecular complexity index is 688. The maximum absolute atomic E-state index is 12.8. The van der Waals surface area contributed by atoms with E-state index in [9.17, 15) is 13.2 Å². The topological polar surface area (TPSA) is 79.0 Å². The average Bonchev–Trinajstić information content (AvgIpc) is 3.31. The van der Waals surface area contributed by atoms with Crippen molar-refractivity contribution < 1.29 is 17.9 Å². The Morgan fingerprint density at radius 2 is 2.00 bits per heavy atom. The average molecular weight is 339 g/mol. The second-order valence-corrected chi connectivity index (χ2v) is 7.31. The number of ether oxygens (including phenoxy) is 1. The molecule has 1 fully saturated rings. The van der Waals surface area contributed by atoms with Crippen LogP contribution in [0.15, 0.2) is 24.3 Å². The van der Waals surface area contributed by atoms with Gasteiger partial charge in [-0.2, -0.15) is 8.42 Å². The maximum Gasteiger partial charge on any atom is 0.326 e. The van der Waals surface area contributed by atoms with Gasteiger partial charge in [0, 0.05) is 19.2 Å². The summed E-state index contributed by atoms with van der Waals surface area (Å²) in [4.78, 5) is 11.6. The summed E-state index contributed by atoms with van der Waals surface area (Å²) in [7, 11) is -3.55. The van der Waals surface area contributed by atoms with Gasteiger partial charge in [0.2, 0.25) is 5.91 Å². The first-order chi connectivity index (χ1) is 11.1. The summed E-state index contributed by atoms with van der Waals surface area (Å²) >= 11 is 0. The molecule has 0 atom stereocenters. The highest BCUT2D eigenvalue weighted by atomic mass is 32.2. The summed E-state index contributed by atoms with van der Waals surface area (Å²) < 4.78 is 33.5. The van der Waals surface area contributed by atoms with Crippen LogP contribution in [0.2, 0.25) is 0 Å². The lowest BCUT2D eigenvalue weighted by atomic mass is 10.2. The van der Waals surface area contributed by atoms with Crippen LogP contribution < -0.4 is 13.9 Å². The Morgan fingerprint density at radius 1 is 1.30 bits per heavy atom. The molecule has 1 aliphatic carbocycles. The summed E-state index contributed by atoms with van der Waals surface area (Å²) in [5, 5.41) is 2.68. The molecule has 1 aliphatic heterocycles. The molecule has 0 bridgehead atoms. The highest BCUT2D eigenvalue weighted by Gasteiger charge is 2.47. The lowest BCUT2D eigenvalue weighted by molar-refractivity contribution is -0.125. The monoisotopic (exact) mass is 339 g/mol. The number of amides is 1. The molecule has 0 saturated heterocycles. The van der Waals surface area contributed by atoms with Crippen molar-refractivity contribution in [1.29, 1.82) is 0 Å². The van der Waals surface area contributed by atoms with E-state index < -0.39 is 10.2 Å². The van der Waals surface area contributed by atoms with Gasteiger partial charge >= 0.3 is 10.2 Å². The lowest BCUT2D eigenvalue weighted by Crippen LogP contribution is -2.43. The SMILES string of the molecule is CCOCC(=O)NCCN1c2ccccc2N(C2CC2)S1(=O)=O. The van der Waals surface area contributed by atoms with E-state index in [-0.39, 0.29) is 31.6 Å². The number of carbonyl (C=O) groups is 1. The lowest BCUT2D eigenvalue weighted by Gasteiger charge is -2.21. The van der Waals surface area contributed by atoms with E-state index in [4.69, 9.17) is 4.74 Å². The van der Waals surface area contributed by atoms with E-state index in [2.05, 4.69) is 5.32 Å². The van der Waals surface area contributed by atoms with Gasteiger partial charge in [-0.05, 0) is 31.9 Å². The van der Waals surface area contributed by atoms with Gasteiger partial charge in [-0.3, -0.25) is 4.79 Å². The Kier molecular flexibility index (Phi) is 4.45. The molecule has 2 aliphatic rings. The summed E-state index contributed by atoms with van der Waals surface area (Å²) in [6.45, 7) is 2.73. The van der Waals surface area contributed by atoms with Gasteiger partial charge in [0.05, 0.1) is 17.9 Å². The minimum Gasteiger partial charge on any atom is -0.372 e. The fourth-order valence-electron chi connectivity index (χ4n) is 2.69. The molecule has 1 saturated carbocycles. The van der Waals surface area contributed by atoms with E-state index >= 15 is 0 Å². The highest BCUT2D eigenvalue weighted by Crippen LogP contribution is 2.46. The third-order valence-electron chi connectivity index (χ3n) is 3.87. The molecule has 126 valence electrons. The summed E-state index contributed by atoms with van der Waals surface area (Å²) in [5.41, 5.74) is 1.41. The molecule has 1 N–H and O–H groups in total. The van der Waals surface area contributed by atoms with Gasteiger partial charge in [0.25, 0.3) is 0 Å². The first-order valence-corrected chi connectivity index (χ1v) is 9.21. The maximum atomic E-state index is 12.8. The number of carbonyl (C=O) groups excluding carboxylic acids is 1. The van der Waals surface area contributed by atoms with Gasteiger partial charge < -0.3 is 10.1 Å². The van der Waals surface area contributed by atoms with Crippen LogP contribution in [0.1, 0.15) is 19.8 Å². The van der Waals surface area contributed by atoms with E-state index in [0.717, 1.165) is 18.5 Å². The van der Waals surface area contributed by atoms with Crippen LogP contribution in [0, 0.1) is 0 Å². The molecule has 1 amide bonds. The van der Waals surface area contributed by atoms with Gasteiger partial charge in [-0.25, -0.2) is 8.61 Å². The van der Waals surface area contributed by atoms with Crippen LogP contribution >= 0.6 is 0 Å². The Morgan fingerprint density at radius 3 is 2.65 bits per heavy atom. The molecule has 0 unspecified atom stereocenters. The van der Waals surface area contributed by atoms with Crippen molar-refractivity contribution in [1.82, 2.24) is 5.32 Å². The quantitative estimate of drug-likeness (QED) is 0.800. The highest BCUT2D eigenvalue weighted by molar-refractivity contribution is 7.94. The summed E-state index contributed by atoms with van der Waals surface area (Å²) in [6.07, 6.45) is 1.79. The second-order valence-electron chi connectivity index (χ2n) is 5.58. The standard InChI is InChI=1S/C15H21N3O4S/c1-2-22-11-15(19)16-9-10-17-13-5-3-4-6-14(13)18(12-7-8-12)23(17,20)21/h3-6,12H,2,7-11H2,1H3,(H,16,19). The van der Waals surface area contributed by atoms with Gasteiger partial charge in [-0.1, -0.05) is 12.1 Å². The normalized spacial score (nSPS) is 18.8. The first-order valence-electron chi connectivity index (χ1n) is 7.81. The molecule has 23 heavy (non-hydrogen) atoms. The number of fused-ring (bicyclic) bond motifs is 1. The van der Waals surface area contributed by atoms with Crippen molar-refractivity contribution in [3.8, 4) is 0 Å². The third-order valence-corrected chi connectivity index (χ3v) is 5.80. The van der Waals surface area contributed by atoms with E-state index in [0.29, 0.717) is 12.3 Å². The van der Waals surface area contributed by atoms with Crippen molar-refractivity contribution in [3.63, 3.8) is 0 Å². The minimum atomic E-state index is -3.55. The molecule has 3 rings (SSSR count). The van der Waals surface area contributed by atoms with E-state index in [1.807, 2.05) is 25.1 Å². The number of anilines is 2. The number of benzene rings is 1. The Labute approximate surface area is 136 Å². The number of para-hydroxylation sites is 2. The predicted molar refractivity (Wildman–Crippen MR) is 87.7 cm³/mol. The van der Waals surface area contributed by atoms with Crippen LogP contribution in [0.4, 0.5) is 11.4 Å². The van der Waals surface area contributed by atoms with Gasteiger partial charge in [0.1, 0.15) is 6.61 Å². The molecular weight excluding hydrogens is 318 g/mol. The van der Waals surface area contributed by atoms with E-state index in [1.54, 1.807) is 6.07 Å². The van der Waals surface area contributed by atoms with Crippen molar-refractivity contribution in [2.75, 3.05) is 34.9 Å². The molecule has 1 heterocycles. The third kappa shape index (κ3) is 3.13. The van der Waals surface area contributed by atoms with Crippen molar-refractivity contribution in [3.05, 3.63) is 24.3 Å². The number of nitrogens with one attached hydrogen (secondary N) is 1. The molecule has 7 nitrogen and oxygen atoms in total. The molecule has 1 aromatic carbocycles. The Hall–Kier alpha value is -1.80. The van der Waals surface area contributed by atoms with Crippen LogP contribution in [0.25, 0.3) is 0 Å². The predicted octanol–water partition coefficient (Wildman–Crippen LogP) is 0.873. The smallest absolute Gasteiger partial charge is 0.326 e. The molecule has 0 spiro atoms. The van der Waals surface area contributed by atoms with Crippen molar-refractivity contribution in [2.24, 2.45) is 0 Å². The van der Waals surface area contributed by atoms with E-state index in [1.165, 1.54) is 8.61 Å². The Balaban J connectivity index is 1.70. The first kappa shape index (κ1) is 16.1. The van der Waals surface area contributed by atoms with Crippen molar-refractivity contribution in [2.45, 2.75) is 25.8 Å². The molecule has 0 radical (unpaired) electrons. The largest absolute Gasteiger partial charge is 0.372 e.